The van der Waals surface area contributed by atoms with E-state index in [9.17, 15) is 15.0 Å². The van der Waals surface area contributed by atoms with Gasteiger partial charge in [-0.3, -0.25) is 4.79 Å². The molecular weight excluding hydrogens is 500 g/mol. The van der Waals surface area contributed by atoms with Crippen LogP contribution in [0.25, 0.3) is 10.9 Å². The van der Waals surface area contributed by atoms with E-state index >= 15 is 0 Å². The van der Waals surface area contributed by atoms with Crippen LogP contribution in [-0.2, 0) is 13.1 Å². The number of anilines is 1. The minimum atomic E-state index is -0.225. The van der Waals surface area contributed by atoms with E-state index in [1.54, 1.807) is 30.3 Å². The Kier molecular flexibility index (Phi) is 5.94. The lowest BCUT2D eigenvalue weighted by atomic mass is 9.84. The fourth-order valence-corrected chi connectivity index (χ4v) is 6.26. The van der Waals surface area contributed by atoms with Crippen molar-refractivity contribution >= 4 is 22.5 Å². The average molecular weight is 531 g/mol. The molecule has 0 aliphatic carbocycles. The highest BCUT2D eigenvalue weighted by Gasteiger charge is 2.43. The van der Waals surface area contributed by atoms with E-state index in [0.29, 0.717) is 18.7 Å². The maximum atomic E-state index is 12.8. The lowest BCUT2D eigenvalue weighted by molar-refractivity contribution is 0.0951. The molecule has 1 amide bonds. The van der Waals surface area contributed by atoms with Gasteiger partial charge in [0, 0.05) is 54.6 Å². The molecule has 1 aromatic heterocycles. The molecule has 7 heteroatoms. The molecule has 2 aliphatic rings. The molecule has 4 aromatic carbocycles. The normalized spacial score (nSPS) is 19.3. The van der Waals surface area contributed by atoms with Crippen molar-refractivity contribution in [3.8, 4) is 11.5 Å². The molecule has 0 radical (unpaired) electrons. The molecule has 2 aliphatic heterocycles. The lowest BCUT2D eigenvalue weighted by Crippen LogP contribution is -2.38. The molecule has 3 unspecified atom stereocenters. The fraction of sp³-hybridized carbons (Fsp3) is 0.182. The zero-order valence-corrected chi connectivity index (χ0v) is 21.8. The highest BCUT2D eigenvalue weighted by atomic mass is 16.3. The van der Waals surface area contributed by atoms with Gasteiger partial charge in [0.15, 0.2) is 0 Å². The Bertz CT molecular complexity index is 1730. The van der Waals surface area contributed by atoms with Crippen LogP contribution < -0.4 is 16.0 Å². The first kappa shape index (κ1) is 24.3. The lowest BCUT2D eigenvalue weighted by Gasteiger charge is -2.27. The van der Waals surface area contributed by atoms with Crippen molar-refractivity contribution in [2.75, 3.05) is 11.9 Å². The van der Waals surface area contributed by atoms with Crippen molar-refractivity contribution in [3.05, 3.63) is 125 Å². The number of hydrogen-bond donors (Lipinski definition) is 5. The molecule has 0 bridgehead atoms. The second-order valence-corrected chi connectivity index (χ2v) is 10.7. The first-order chi connectivity index (χ1) is 19.5. The quantitative estimate of drug-likeness (QED) is 0.198. The van der Waals surface area contributed by atoms with Crippen LogP contribution in [0, 0.1) is 0 Å². The summed E-state index contributed by atoms with van der Waals surface area (Å²) in [6.07, 6.45) is 2.10. The van der Waals surface area contributed by atoms with Gasteiger partial charge in [0.1, 0.15) is 11.5 Å². The van der Waals surface area contributed by atoms with Gasteiger partial charge in [0.25, 0.3) is 5.91 Å². The average Bonchev–Trinajstić information content (AvgIpc) is 3.62. The topological polar surface area (TPSA) is 98.6 Å². The van der Waals surface area contributed by atoms with Crippen LogP contribution in [-0.4, -0.2) is 33.3 Å². The van der Waals surface area contributed by atoms with E-state index in [1.807, 2.05) is 24.3 Å². The minimum absolute atomic E-state index is 0.0146. The molecule has 3 heterocycles. The summed E-state index contributed by atoms with van der Waals surface area (Å²) in [5, 5.41) is 31.5. The summed E-state index contributed by atoms with van der Waals surface area (Å²) in [5.41, 5.74) is 7.21. The molecule has 40 heavy (non-hydrogen) atoms. The number of fused-ring (bicyclic) bond motifs is 3. The Hall–Kier alpha value is -4.75. The summed E-state index contributed by atoms with van der Waals surface area (Å²) >= 11 is 0. The van der Waals surface area contributed by atoms with Crippen LogP contribution in [0.3, 0.4) is 0 Å². The van der Waals surface area contributed by atoms with Gasteiger partial charge in [-0.05, 0) is 76.2 Å². The van der Waals surface area contributed by atoms with Crippen molar-refractivity contribution in [1.82, 2.24) is 15.2 Å². The Balaban J connectivity index is 1.09. The number of benzene rings is 4. The Morgan fingerprint density at radius 3 is 2.48 bits per heavy atom. The highest BCUT2D eigenvalue weighted by Crippen LogP contribution is 2.46. The van der Waals surface area contributed by atoms with Crippen molar-refractivity contribution < 1.29 is 15.0 Å². The monoisotopic (exact) mass is 530 g/mol. The largest absolute Gasteiger partial charge is 0.508 e. The third-order valence-electron chi connectivity index (χ3n) is 8.18. The smallest absolute Gasteiger partial charge is 0.252 e. The first-order valence-corrected chi connectivity index (χ1v) is 13.6. The highest BCUT2D eigenvalue weighted by molar-refractivity contribution is 5.99. The third kappa shape index (κ3) is 4.34. The van der Waals surface area contributed by atoms with Crippen LogP contribution in [0.4, 0.5) is 5.69 Å². The first-order valence-electron chi connectivity index (χ1n) is 13.6. The number of carbonyl (C=O) groups excluding carboxylic acids is 1. The SMILES string of the molecule is O=C1NC(C2c3ccccc3NC2CNCc2ccc3ccn(Cc4ccc(O)cc4)c3c2)c2cc(O)ccc21. The molecule has 0 fully saturated rings. The second kappa shape index (κ2) is 9.77. The number of aromatic hydroxyl groups is 2. The predicted octanol–water partition coefficient (Wildman–Crippen LogP) is 5.25. The van der Waals surface area contributed by atoms with Gasteiger partial charge in [0.05, 0.1) is 6.04 Å². The number of nitrogens with one attached hydrogen (secondary N) is 3. The molecular formula is C33H30N4O3. The van der Waals surface area contributed by atoms with Crippen molar-refractivity contribution in [1.29, 1.82) is 0 Å². The van der Waals surface area contributed by atoms with Gasteiger partial charge in [-0.15, -0.1) is 0 Å². The molecule has 3 atom stereocenters. The van der Waals surface area contributed by atoms with Crippen LogP contribution in [0.15, 0.2) is 97.2 Å². The van der Waals surface area contributed by atoms with Crippen molar-refractivity contribution in [3.63, 3.8) is 0 Å². The zero-order valence-electron chi connectivity index (χ0n) is 21.8. The van der Waals surface area contributed by atoms with Gasteiger partial charge in [-0.1, -0.05) is 42.5 Å². The van der Waals surface area contributed by atoms with E-state index in [4.69, 9.17) is 0 Å². The van der Waals surface area contributed by atoms with Crippen molar-refractivity contribution in [2.45, 2.75) is 31.1 Å². The van der Waals surface area contributed by atoms with E-state index < -0.39 is 0 Å². The molecule has 0 saturated heterocycles. The molecule has 0 spiro atoms. The molecule has 7 nitrogen and oxygen atoms in total. The molecule has 0 saturated carbocycles. The van der Waals surface area contributed by atoms with E-state index in [-0.39, 0.29) is 35.4 Å². The summed E-state index contributed by atoms with van der Waals surface area (Å²) in [4.78, 5) is 12.8. The maximum Gasteiger partial charge on any atom is 0.252 e. The Morgan fingerprint density at radius 2 is 1.60 bits per heavy atom. The number of aromatic nitrogens is 1. The van der Waals surface area contributed by atoms with Crippen LogP contribution >= 0.6 is 0 Å². The predicted molar refractivity (Wildman–Crippen MR) is 156 cm³/mol. The van der Waals surface area contributed by atoms with Crippen LogP contribution in [0.2, 0.25) is 0 Å². The second-order valence-electron chi connectivity index (χ2n) is 10.7. The number of amides is 1. The van der Waals surface area contributed by atoms with Gasteiger partial charge >= 0.3 is 0 Å². The maximum absolute atomic E-state index is 12.8. The number of para-hydroxylation sites is 1. The zero-order chi connectivity index (χ0) is 27.2. The van der Waals surface area contributed by atoms with Crippen molar-refractivity contribution in [2.24, 2.45) is 0 Å². The van der Waals surface area contributed by atoms with Crippen LogP contribution in [0.5, 0.6) is 11.5 Å². The van der Waals surface area contributed by atoms with Gasteiger partial charge in [-0.2, -0.15) is 0 Å². The molecule has 5 aromatic rings. The Morgan fingerprint density at radius 1 is 0.800 bits per heavy atom. The summed E-state index contributed by atoms with van der Waals surface area (Å²) in [7, 11) is 0. The molecule has 7 rings (SSSR count). The summed E-state index contributed by atoms with van der Waals surface area (Å²) in [5.74, 6) is 0.356. The number of phenolic OH excluding ortho intramolecular Hbond substituents is 2. The number of carbonyl (C=O) groups is 1. The number of phenols is 2. The van der Waals surface area contributed by atoms with Gasteiger partial charge < -0.3 is 30.7 Å². The fourth-order valence-electron chi connectivity index (χ4n) is 6.26. The van der Waals surface area contributed by atoms with E-state index in [1.165, 1.54) is 22.0 Å². The van der Waals surface area contributed by atoms with Gasteiger partial charge in [0.2, 0.25) is 0 Å². The van der Waals surface area contributed by atoms with E-state index in [0.717, 1.165) is 23.4 Å². The summed E-state index contributed by atoms with van der Waals surface area (Å²) in [6.45, 7) is 2.14. The molecule has 200 valence electrons. The van der Waals surface area contributed by atoms with Gasteiger partial charge in [-0.25, -0.2) is 0 Å². The minimum Gasteiger partial charge on any atom is -0.508 e. The standard InChI is InChI=1S/C33H30N4O3/c38-23-9-6-20(7-10-23)19-37-14-13-22-8-5-21(15-30(22)37)17-34-18-29-31(26-3-1-2-4-28(26)35-29)32-27-16-24(39)11-12-25(27)33(40)36-32/h1-16,29,31-32,34-35,38-39H,17-19H2,(H,36,40). The third-order valence-corrected chi connectivity index (χ3v) is 8.18. The molecule has 5 N–H and O–H groups in total. The summed E-state index contributed by atoms with van der Waals surface area (Å²) < 4.78 is 2.23. The summed E-state index contributed by atoms with van der Waals surface area (Å²) in [6, 6.07) is 29.1. The number of hydrogen-bond acceptors (Lipinski definition) is 5. The van der Waals surface area contributed by atoms with Crippen LogP contribution in [0.1, 0.15) is 44.6 Å². The Labute approximate surface area is 232 Å². The number of nitrogens with zero attached hydrogens (tertiary/aromatic N) is 1. The van der Waals surface area contributed by atoms with E-state index in [2.05, 4.69) is 63.1 Å². The number of rotatable bonds is 7.